The number of aryl methyl sites for hydroxylation is 2. The van der Waals surface area contributed by atoms with E-state index in [0.29, 0.717) is 10.8 Å². The number of nitrogens with one attached hydrogen (secondary N) is 2. The minimum Gasteiger partial charge on any atom is -0.352 e. The average molecular weight is 457 g/mol. The first kappa shape index (κ1) is 23.9. The van der Waals surface area contributed by atoms with Gasteiger partial charge in [-0.25, -0.2) is 4.98 Å². The van der Waals surface area contributed by atoms with Crippen LogP contribution >= 0.6 is 11.3 Å². The van der Waals surface area contributed by atoms with E-state index in [0.717, 1.165) is 43.4 Å². The van der Waals surface area contributed by atoms with Crippen molar-refractivity contribution in [1.29, 1.82) is 0 Å². The zero-order valence-corrected chi connectivity index (χ0v) is 19.7. The van der Waals surface area contributed by atoms with E-state index < -0.39 is 0 Å². The van der Waals surface area contributed by atoms with Crippen LogP contribution in [0.3, 0.4) is 0 Å². The lowest BCUT2D eigenvalue weighted by molar-refractivity contribution is -0.125. The fourth-order valence-electron chi connectivity index (χ4n) is 3.85. The largest absolute Gasteiger partial charge is 0.352 e. The quantitative estimate of drug-likeness (QED) is 0.591. The summed E-state index contributed by atoms with van der Waals surface area (Å²) in [6.07, 6.45) is 6.38. The van der Waals surface area contributed by atoms with Gasteiger partial charge < -0.3 is 15.5 Å². The predicted molar refractivity (Wildman–Crippen MR) is 128 cm³/mol. The van der Waals surface area contributed by atoms with Gasteiger partial charge in [0.2, 0.25) is 17.7 Å². The summed E-state index contributed by atoms with van der Waals surface area (Å²) < 4.78 is 0. The molecule has 2 N–H and O–H groups in total. The third-order valence-corrected chi connectivity index (χ3v) is 6.54. The van der Waals surface area contributed by atoms with Gasteiger partial charge in [0.25, 0.3) is 0 Å². The molecule has 0 unspecified atom stereocenters. The number of amides is 3. The molecule has 1 aliphatic rings. The minimum atomic E-state index is -0.263. The Labute approximate surface area is 193 Å². The van der Waals surface area contributed by atoms with Crippen molar-refractivity contribution < 1.29 is 14.4 Å². The predicted octanol–water partition coefficient (Wildman–Crippen LogP) is 4.21. The van der Waals surface area contributed by atoms with Crippen LogP contribution in [0.4, 0.5) is 10.8 Å². The molecule has 1 heterocycles. The number of anilines is 2. The summed E-state index contributed by atoms with van der Waals surface area (Å²) in [6, 6.07) is 7.84. The van der Waals surface area contributed by atoms with E-state index in [4.69, 9.17) is 0 Å². The molecule has 172 valence electrons. The van der Waals surface area contributed by atoms with Gasteiger partial charge in [0.05, 0.1) is 5.69 Å². The molecule has 1 aliphatic carbocycles. The lowest BCUT2D eigenvalue weighted by Crippen LogP contribution is -2.45. The number of aromatic nitrogens is 1. The van der Waals surface area contributed by atoms with E-state index in [1.165, 1.54) is 22.7 Å². The Morgan fingerprint density at radius 3 is 2.41 bits per heavy atom. The van der Waals surface area contributed by atoms with Crippen LogP contribution in [-0.2, 0) is 20.8 Å². The van der Waals surface area contributed by atoms with E-state index in [1.54, 1.807) is 0 Å². The van der Waals surface area contributed by atoms with Crippen LogP contribution in [0.5, 0.6) is 0 Å². The number of thiazole rings is 1. The highest BCUT2D eigenvalue weighted by atomic mass is 32.1. The molecule has 8 heteroatoms. The van der Waals surface area contributed by atoms with E-state index in [1.807, 2.05) is 36.6 Å². The summed E-state index contributed by atoms with van der Waals surface area (Å²) in [4.78, 5) is 43.7. The molecule has 0 saturated heterocycles. The molecule has 0 bridgehead atoms. The monoisotopic (exact) mass is 456 g/mol. The molecule has 0 spiro atoms. The Hall–Kier alpha value is -2.74. The third-order valence-electron chi connectivity index (χ3n) is 5.66. The van der Waals surface area contributed by atoms with Crippen LogP contribution in [0.2, 0.25) is 0 Å². The number of hydrogen-bond acceptors (Lipinski definition) is 5. The maximum absolute atomic E-state index is 13.0. The molecule has 1 aromatic heterocycles. The van der Waals surface area contributed by atoms with Crippen molar-refractivity contribution >= 4 is 39.9 Å². The van der Waals surface area contributed by atoms with Crippen LogP contribution < -0.4 is 15.5 Å². The van der Waals surface area contributed by atoms with Gasteiger partial charge in [0.1, 0.15) is 6.54 Å². The Kier molecular flexibility index (Phi) is 8.79. The number of nitrogens with zero attached hydrogens (tertiary/aromatic N) is 2. The highest BCUT2D eigenvalue weighted by Crippen LogP contribution is 2.20. The first-order valence-electron chi connectivity index (χ1n) is 11.3. The molecule has 1 fully saturated rings. The second-order valence-electron chi connectivity index (χ2n) is 8.24. The highest BCUT2D eigenvalue weighted by molar-refractivity contribution is 7.13. The van der Waals surface area contributed by atoms with Crippen molar-refractivity contribution in [2.45, 2.75) is 71.3 Å². The first-order chi connectivity index (χ1) is 15.4. The zero-order valence-electron chi connectivity index (χ0n) is 18.9. The zero-order chi connectivity index (χ0) is 22.9. The third kappa shape index (κ3) is 7.15. The van der Waals surface area contributed by atoms with Gasteiger partial charge in [-0.3, -0.25) is 14.4 Å². The molecule has 0 aliphatic heterocycles. The Morgan fingerprint density at radius 2 is 1.78 bits per heavy atom. The number of benzene rings is 1. The SMILES string of the molecule is CCc1ccc(N(CC(=O)NC2CCCCC2)C(=O)CCC(=O)Nc2nc(C)cs2)cc1. The van der Waals surface area contributed by atoms with Gasteiger partial charge in [0.15, 0.2) is 5.13 Å². The molecule has 3 amide bonds. The average Bonchev–Trinajstić information content (AvgIpc) is 3.21. The summed E-state index contributed by atoms with van der Waals surface area (Å²) in [5.41, 5.74) is 2.67. The summed E-state index contributed by atoms with van der Waals surface area (Å²) in [5.74, 6) is -0.674. The minimum absolute atomic E-state index is 0.0163. The van der Waals surface area contributed by atoms with Crippen molar-refractivity contribution in [3.8, 4) is 0 Å². The number of carbonyl (C=O) groups excluding carboxylic acids is 3. The topological polar surface area (TPSA) is 91.4 Å². The van der Waals surface area contributed by atoms with E-state index in [-0.39, 0.29) is 43.1 Å². The molecular weight excluding hydrogens is 424 g/mol. The van der Waals surface area contributed by atoms with Gasteiger partial charge in [-0.05, 0) is 43.9 Å². The van der Waals surface area contributed by atoms with Crippen molar-refractivity contribution in [3.05, 3.63) is 40.9 Å². The second-order valence-corrected chi connectivity index (χ2v) is 9.10. The maximum atomic E-state index is 13.0. The second kappa shape index (κ2) is 11.8. The van der Waals surface area contributed by atoms with Crippen LogP contribution in [0.25, 0.3) is 0 Å². The standard InChI is InChI=1S/C24H32N4O3S/c1-3-18-9-11-20(12-10-18)28(15-22(30)26-19-7-5-4-6-8-19)23(31)14-13-21(29)27-24-25-17(2)16-32-24/h9-12,16,19H,3-8,13-15H2,1-2H3,(H,26,30)(H,25,27,29). The fourth-order valence-corrected chi connectivity index (χ4v) is 4.55. The molecule has 32 heavy (non-hydrogen) atoms. The van der Waals surface area contributed by atoms with Crippen molar-refractivity contribution in [3.63, 3.8) is 0 Å². The highest BCUT2D eigenvalue weighted by Gasteiger charge is 2.22. The van der Waals surface area contributed by atoms with E-state index >= 15 is 0 Å². The van der Waals surface area contributed by atoms with E-state index in [9.17, 15) is 14.4 Å². The number of hydrogen-bond donors (Lipinski definition) is 2. The summed E-state index contributed by atoms with van der Waals surface area (Å²) >= 11 is 1.35. The molecule has 0 radical (unpaired) electrons. The molecule has 1 aromatic carbocycles. The van der Waals surface area contributed by atoms with Gasteiger partial charge in [-0.1, -0.05) is 38.3 Å². The first-order valence-corrected chi connectivity index (χ1v) is 12.2. The van der Waals surface area contributed by atoms with Crippen LogP contribution in [0.15, 0.2) is 29.6 Å². The molecule has 7 nitrogen and oxygen atoms in total. The molecule has 1 saturated carbocycles. The normalized spacial score (nSPS) is 14.1. The Morgan fingerprint density at radius 1 is 1.06 bits per heavy atom. The van der Waals surface area contributed by atoms with Crippen molar-refractivity contribution in [1.82, 2.24) is 10.3 Å². The van der Waals surface area contributed by atoms with Gasteiger partial charge in [0, 0.05) is 30.0 Å². The summed E-state index contributed by atoms with van der Waals surface area (Å²) in [5, 5.41) is 8.18. The van der Waals surface area contributed by atoms with Crippen LogP contribution in [0.1, 0.15) is 63.1 Å². The molecule has 0 atom stereocenters. The summed E-state index contributed by atoms with van der Waals surface area (Å²) in [7, 11) is 0. The maximum Gasteiger partial charge on any atom is 0.240 e. The number of rotatable bonds is 9. The molecule has 2 aromatic rings. The van der Waals surface area contributed by atoms with Gasteiger partial charge >= 0.3 is 0 Å². The van der Waals surface area contributed by atoms with Crippen LogP contribution in [0, 0.1) is 6.92 Å². The summed E-state index contributed by atoms with van der Waals surface area (Å²) in [6.45, 7) is 3.88. The Balaban J connectivity index is 1.62. The smallest absolute Gasteiger partial charge is 0.240 e. The lowest BCUT2D eigenvalue weighted by Gasteiger charge is -2.26. The molecular formula is C24H32N4O3S. The fraction of sp³-hybridized carbons (Fsp3) is 0.500. The van der Waals surface area contributed by atoms with E-state index in [2.05, 4.69) is 22.5 Å². The lowest BCUT2D eigenvalue weighted by atomic mass is 9.95. The van der Waals surface area contributed by atoms with Gasteiger partial charge in [-0.15, -0.1) is 11.3 Å². The Bertz CT molecular complexity index is 920. The van der Waals surface area contributed by atoms with Gasteiger partial charge in [-0.2, -0.15) is 0 Å². The van der Waals surface area contributed by atoms with Crippen molar-refractivity contribution in [2.75, 3.05) is 16.8 Å². The van der Waals surface area contributed by atoms with Crippen molar-refractivity contribution in [2.24, 2.45) is 0 Å². The molecule has 3 rings (SSSR count). The van der Waals surface area contributed by atoms with Crippen LogP contribution in [-0.4, -0.2) is 35.3 Å². The number of carbonyl (C=O) groups is 3.